The number of aliphatic hydroxyl groups excluding tert-OH is 1. The number of nitrogens with one attached hydrogen (secondary N) is 1. The minimum absolute atomic E-state index is 0.242. The average Bonchev–Trinajstić information content (AvgIpc) is 2.78. The number of phosphoric ester groups is 1. The van der Waals surface area contributed by atoms with Crippen LogP contribution in [0.5, 0.6) is 0 Å². The molecule has 0 fully saturated rings. The van der Waals surface area contributed by atoms with Crippen LogP contribution in [-0.4, -0.2) is 39.6 Å². The smallest absolute Gasteiger partial charge is 0.387 e. The number of hydrogen-bond acceptors (Lipinski definition) is 4. The second kappa shape index (κ2) is 22.7. The van der Waals surface area contributed by atoms with Gasteiger partial charge in [-0.05, 0) is 19.3 Å². The number of unbranched alkanes of at least 4 members (excludes halogenated alkanes) is 15. The molecule has 202 valence electrons. The van der Waals surface area contributed by atoms with Crippen LogP contribution in [0.1, 0.15) is 129 Å². The molecule has 0 bridgehead atoms. The molecule has 0 saturated heterocycles. The Bertz CT molecular complexity index is 551. The molecule has 0 aliphatic carbocycles. The molecule has 0 heterocycles. The summed E-state index contributed by atoms with van der Waals surface area (Å²) < 4.78 is 15.6. The molecule has 0 aromatic rings. The number of phosphoric acid groups is 1. The molecule has 0 spiro atoms. The van der Waals surface area contributed by atoms with Gasteiger partial charge >= 0.3 is 7.82 Å². The van der Waals surface area contributed by atoms with E-state index in [1.807, 2.05) is 6.08 Å². The summed E-state index contributed by atoms with van der Waals surface area (Å²) in [6.45, 7) is 3.92. The van der Waals surface area contributed by atoms with Gasteiger partial charge in [0.15, 0.2) is 0 Å². The van der Waals surface area contributed by atoms with Crippen LogP contribution in [0, 0.1) is 0 Å². The van der Waals surface area contributed by atoms with Crippen LogP contribution in [0.25, 0.3) is 0 Å². The third-order valence-corrected chi connectivity index (χ3v) is 6.48. The van der Waals surface area contributed by atoms with E-state index < -0.39 is 26.6 Å². The Balaban J connectivity index is 4.16. The molecular formula is C26H52NO6P. The van der Waals surface area contributed by atoms with Gasteiger partial charge in [-0.25, -0.2) is 4.57 Å². The summed E-state index contributed by atoms with van der Waals surface area (Å²) in [6.07, 6.45) is 22.7. The van der Waals surface area contributed by atoms with Crippen LogP contribution in [0.4, 0.5) is 0 Å². The van der Waals surface area contributed by atoms with Crippen molar-refractivity contribution in [2.75, 3.05) is 6.61 Å². The summed E-state index contributed by atoms with van der Waals surface area (Å²) in [5.41, 5.74) is 0. The summed E-state index contributed by atoms with van der Waals surface area (Å²) in [4.78, 5) is 30.2. The van der Waals surface area contributed by atoms with Crippen molar-refractivity contribution in [3.05, 3.63) is 12.2 Å². The fourth-order valence-corrected chi connectivity index (χ4v) is 4.22. The number of carbonyl (C=O) groups excluding carboxylic acids is 1. The third kappa shape index (κ3) is 23.0. The summed E-state index contributed by atoms with van der Waals surface area (Å²) >= 11 is 0. The molecule has 7 nitrogen and oxygen atoms in total. The average molecular weight is 506 g/mol. The van der Waals surface area contributed by atoms with Gasteiger partial charge in [0.05, 0.1) is 18.8 Å². The summed E-state index contributed by atoms with van der Waals surface area (Å²) in [6, 6.07) is -0.899. The van der Waals surface area contributed by atoms with E-state index in [1.54, 1.807) is 6.08 Å². The van der Waals surface area contributed by atoms with Gasteiger partial charge in [0.1, 0.15) is 0 Å². The Hall–Kier alpha value is -0.720. The van der Waals surface area contributed by atoms with Gasteiger partial charge in [-0.3, -0.25) is 9.32 Å². The van der Waals surface area contributed by atoms with Crippen LogP contribution in [0.2, 0.25) is 0 Å². The molecule has 1 amide bonds. The van der Waals surface area contributed by atoms with E-state index in [0.29, 0.717) is 6.42 Å². The predicted octanol–water partition coefficient (Wildman–Crippen LogP) is 6.56. The number of amides is 1. The van der Waals surface area contributed by atoms with E-state index in [0.717, 1.165) is 51.4 Å². The zero-order valence-electron chi connectivity index (χ0n) is 21.8. The highest BCUT2D eigenvalue weighted by molar-refractivity contribution is 7.46. The zero-order chi connectivity index (χ0) is 25.5. The maximum atomic E-state index is 12.2. The lowest BCUT2D eigenvalue weighted by Crippen LogP contribution is -2.45. The van der Waals surface area contributed by atoms with Crippen molar-refractivity contribution in [2.24, 2.45) is 0 Å². The molecule has 2 atom stereocenters. The first kappa shape index (κ1) is 33.3. The van der Waals surface area contributed by atoms with Gasteiger partial charge in [0.25, 0.3) is 0 Å². The fraction of sp³-hybridized carbons (Fsp3) is 0.885. The second-order valence-corrected chi connectivity index (χ2v) is 10.6. The maximum Gasteiger partial charge on any atom is 0.469 e. The number of carbonyl (C=O) groups is 1. The molecule has 34 heavy (non-hydrogen) atoms. The first-order valence-corrected chi connectivity index (χ1v) is 15.2. The summed E-state index contributed by atoms with van der Waals surface area (Å²) in [7, 11) is -4.68. The van der Waals surface area contributed by atoms with Crippen molar-refractivity contribution in [3.63, 3.8) is 0 Å². The van der Waals surface area contributed by atoms with Crippen molar-refractivity contribution in [1.29, 1.82) is 0 Å². The van der Waals surface area contributed by atoms with Crippen molar-refractivity contribution in [1.82, 2.24) is 5.32 Å². The Morgan fingerprint density at radius 1 is 0.824 bits per heavy atom. The summed E-state index contributed by atoms with van der Waals surface area (Å²) in [5, 5.41) is 13.1. The molecular weight excluding hydrogens is 453 g/mol. The quantitative estimate of drug-likeness (QED) is 0.0671. The molecule has 0 radical (unpaired) electrons. The van der Waals surface area contributed by atoms with Crippen molar-refractivity contribution in [3.8, 4) is 0 Å². The van der Waals surface area contributed by atoms with Gasteiger partial charge in [0.2, 0.25) is 5.91 Å². The first-order valence-electron chi connectivity index (χ1n) is 13.6. The molecule has 0 aliphatic heterocycles. The summed E-state index contributed by atoms with van der Waals surface area (Å²) in [5.74, 6) is -0.242. The fourth-order valence-electron chi connectivity index (χ4n) is 3.87. The van der Waals surface area contributed by atoms with E-state index >= 15 is 0 Å². The lowest BCUT2D eigenvalue weighted by Gasteiger charge is -2.22. The molecule has 0 aromatic carbocycles. The topological polar surface area (TPSA) is 116 Å². The molecule has 0 aromatic heterocycles. The van der Waals surface area contributed by atoms with Gasteiger partial charge in [0, 0.05) is 6.42 Å². The highest BCUT2D eigenvalue weighted by atomic mass is 31.2. The predicted molar refractivity (Wildman–Crippen MR) is 140 cm³/mol. The van der Waals surface area contributed by atoms with Crippen molar-refractivity contribution >= 4 is 13.7 Å². The van der Waals surface area contributed by atoms with E-state index in [4.69, 9.17) is 9.79 Å². The minimum Gasteiger partial charge on any atom is -0.387 e. The van der Waals surface area contributed by atoms with Crippen LogP contribution < -0.4 is 5.32 Å². The Morgan fingerprint density at radius 3 is 1.79 bits per heavy atom. The van der Waals surface area contributed by atoms with Gasteiger partial charge in [-0.2, -0.15) is 0 Å². The van der Waals surface area contributed by atoms with E-state index in [1.165, 1.54) is 57.8 Å². The molecule has 0 unspecified atom stereocenters. The number of aliphatic hydroxyl groups is 1. The van der Waals surface area contributed by atoms with Gasteiger partial charge < -0.3 is 20.2 Å². The molecule has 4 N–H and O–H groups in total. The lowest BCUT2D eigenvalue weighted by molar-refractivity contribution is -0.123. The normalized spacial score (nSPS) is 13.9. The lowest BCUT2D eigenvalue weighted by atomic mass is 10.0. The highest BCUT2D eigenvalue weighted by Crippen LogP contribution is 2.35. The third-order valence-electron chi connectivity index (χ3n) is 6.00. The largest absolute Gasteiger partial charge is 0.469 e. The van der Waals surface area contributed by atoms with Crippen LogP contribution in [0.3, 0.4) is 0 Å². The Kier molecular flexibility index (Phi) is 22.2. The van der Waals surface area contributed by atoms with Crippen LogP contribution >= 0.6 is 7.82 Å². The Morgan fingerprint density at radius 2 is 1.29 bits per heavy atom. The Labute approximate surface area is 208 Å². The van der Waals surface area contributed by atoms with E-state index in [-0.39, 0.29) is 5.91 Å². The minimum atomic E-state index is -4.68. The number of rotatable bonds is 24. The van der Waals surface area contributed by atoms with Gasteiger partial charge in [-0.15, -0.1) is 0 Å². The van der Waals surface area contributed by atoms with E-state index in [9.17, 15) is 14.5 Å². The van der Waals surface area contributed by atoms with E-state index in [2.05, 4.69) is 23.7 Å². The molecule has 0 saturated carbocycles. The second-order valence-electron chi connectivity index (χ2n) is 9.37. The monoisotopic (exact) mass is 505 g/mol. The molecule has 0 rings (SSSR count). The molecule has 0 aliphatic rings. The van der Waals surface area contributed by atoms with Crippen LogP contribution in [0.15, 0.2) is 12.2 Å². The molecule has 8 heteroatoms. The van der Waals surface area contributed by atoms with Gasteiger partial charge in [-0.1, -0.05) is 116 Å². The number of allylic oxidation sites excluding steroid dienone is 1. The van der Waals surface area contributed by atoms with Crippen molar-refractivity contribution in [2.45, 2.75) is 142 Å². The highest BCUT2D eigenvalue weighted by Gasteiger charge is 2.24. The van der Waals surface area contributed by atoms with Crippen molar-refractivity contribution < 1.29 is 28.8 Å². The maximum absolute atomic E-state index is 12.2. The SMILES string of the molecule is CCCCCCCCCCCCC/C=C/[C@@H](O)[C@H](COP(=O)(O)O)NC(=O)CCCCCCC. The first-order chi connectivity index (χ1) is 16.3. The standard InChI is InChI=1S/C26H52NO6P/c1-3-5-7-9-10-11-12-13-14-15-16-18-19-21-25(28)24(23-33-34(30,31)32)27-26(29)22-20-17-8-6-4-2/h19,21,24-25,28H,3-18,20,22-23H2,1-2H3,(H,27,29)(H2,30,31,32)/b21-19+/t24-,25+/m0/s1. The van der Waals surface area contributed by atoms with Crippen LogP contribution in [-0.2, 0) is 13.9 Å². The zero-order valence-corrected chi connectivity index (χ0v) is 22.7. The number of hydrogen-bond donors (Lipinski definition) is 4.